The van der Waals surface area contributed by atoms with E-state index in [1.165, 1.54) is 70.6 Å². The summed E-state index contributed by atoms with van der Waals surface area (Å²) in [5, 5.41) is 11.3. The molecule has 0 radical (unpaired) electrons. The minimum absolute atomic E-state index is 0.101. The van der Waals surface area contributed by atoms with Crippen LogP contribution in [0.2, 0.25) is 0 Å². The molecule has 0 aromatic heterocycles. The number of rotatable bonds is 35. The number of allylic oxidation sites excluding steroid dienone is 2. The molecule has 0 atom stereocenters. The maximum Gasteiger partial charge on any atom is 0.329 e. The van der Waals surface area contributed by atoms with Gasteiger partial charge in [0, 0.05) is 13.0 Å². The Labute approximate surface area is 255 Å². The third-order valence-corrected chi connectivity index (χ3v) is 6.32. The summed E-state index contributed by atoms with van der Waals surface area (Å²) >= 11 is 0. The third-order valence-electron chi connectivity index (χ3n) is 6.32. The summed E-state index contributed by atoms with van der Waals surface area (Å²) in [7, 11) is 0. The fraction of sp³-hybridized carbons (Fsp3) is 0.875. The Morgan fingerprint density at radius 3 is 1.43 bits per heavy atom. The van der Waals surface area contributed by atoms with Crippen LogP contribution in [-0.2, 0) is 38.0 Å². The molecule has 0 aliphatic heterocycles. The van der Waals surface area contributed by atoms with Gasteiger partial charge in [0.2, 0.25) is 5.91 Å². The number of nitrogens with one attached hydrogen (secondary N) is 1. The lowest BCUT2D eigenvalue weighted by Gasteiger charge is -2.08. The van der Waals surface area contributed by atoms with Crippen LogP contribution < -0.4 is 5.32 Å². The number of hydrogen-bond acceptors (Lipinski definition) is 8. The number of aliphatic carboxylic acids is 1. The Bertz CT molecular complexity index is 605. The van der Waals surface area contributed by atoms with E-state index in [2.05, 4.69) is 24.4 Å². The predicted molar refractivity (Wildman–Crippen MR) is 165 cm³/mol. The molecule has 10 nitrogen and oxygen atoms in total. The van der Waals surface area contributed by atoms with E-state index in [4.69, 9.17) is 33.5 Å². The van der Waals surface area contributed by atoms with Crippen molar-refractivity contribution in [3.63, 3.8) is 0 Å². The molecular weight excluding hydrogens is 542 g/mol. The SMILES string of the molecule is CCCCCCCCC=CCCCCCCCC(=O)NCCOCCOCCOCCOCCOCCOCC(=O)O. The standard InChI is InChI=1S/C32H61NO9/c1-2-3-4-5-6-7-8-9-10-11-12-13-14-15-16-17-31(34)33-18-19-37-20-21-38-22-23-39-24-25-40-26-27-41-28-29-42-30-32(35)36/h9-10H,2-8,11-30H2,1H3,(H,33,34)(H,35,36). The first-order chi connectivity index (χ1) is 20.7. The van der Waals surface area contributed by atoms with Crippen LogP contribution in [0.5, 0.6) is 0 Å². The highest BCUT2D eigenvalue weighted by atomic mass is 16.6. The Kier molecular flexibility index (Phi) is 34.3. The summed E-state index contributed by atoms with van der Waals surface area (Å²) in [6.45, 7) is 7.25. The molecule has 0 rings (SSSR count). The Balaban J connectivity index is 3.18. The first-order valence-corrected chi connectivity index (χ1v) is 16.3. The number of amides is 1. The molecule has 2 N–H and O–H groups in total. The van der Waals surface area contributed by atoms with Crippen LogP contribution in [-0.4, -0.2) is 103 Å². The average Bonchev–Trinajstić information content (AvgIpc) is 2.98. The number of ether oxygens (including phenoxy) is 6. The molecule has 0 heterocycles. The van der Waals surface area contributed by atoms with Gasteiger partial charge in [-0.25, -0.2) is 4.79 Å². The molecule has 0 fully saturated rings. The summed E-state index contributed by atoms with van der Waals surface area (Å²) < 4.78 is 31.8. The van der Waals surface area contributed by atoms with Gasteiger partial charge in [-0.1, -0.05) is 70.4 Å². The highest BCUT2D eigenvalue weighted by Gasteiger charge is 2.01. The van der Waals surface area contributed by atoms with Crippen molar-refractivity contribution in [1.82, 2.24) is 5.32 Å². The van der Waals surface area contributed by atoms with Crippen LogP contribution in [0.1, 0.15) is 96.8 Å². The zero-order valence-corrected chi connectivity index (χ0v) is 26.5. The van der Waals surface area contributed by atoms with Gasteiger partial charge >= 0.3 is 5.97 Å². The number of carbonyl (C=O) groups excluding carboxylic acids is 1. The molecule has 0 aromatic rings. The minimum atomic E-state index is -0.992. The van der Waals surface area contributed by atoms with Gasteiger partial charge in [-0.3, -0.25) is 4.79 Å². The van der Waals surface area contributed by atoms with E-state index in [9.17, 15) is 9.59 Å². The Hall–Kier alpha value is -1.56. The van der Waals surface area contributed by atoms with Crippen LogP contribution in [0, 0.1) is 0 Å². The monoisotopic (exact) mass is 603 g/mol. The fourth-order valence-electron chi connectivity index (χ4n) is 3.97. The quantitative estimate of drug-likeness (QED) is 0.0732. The van der Waals surface area contributed by atoms with Gasteiger partial charge in [0.1, 0.15) is 6.61 Å². The number of carbonyl (C=O) groups is 2. The second-order valence-corrected chi connectivity index (χ2v) is 10.2. The van der Waals surface area contributed by atoms with Crippen LogP contribution in [0.4, 0.5) is 0 Å². The highest BCUT2D eigenvalue weighted by Crippen LogP contribution is 2.10. The molecule has 0 saturated heterocycles. The van der Waals surface area contributed by atoms with Crippen molar-refractivity contribution >= 4 is 11.9 Å². The maximum absolute atomic E-state index is 11.9. The average molecular weight is 604 g/mol. The summed E-state index contributed by atoms with van der Waals surface area (Å²) in [5.74, 6) is -0.892. The van der Waals surface area contributed by atoms with Crippen molar-refractivity contribution < 1.29 is 43.1 Å². The van der Waals surface area contributed by atoms with Gasteiger partial charge in [-0.15, -0.1) is 0 Å². The largest absolute Gasteiger partial charge is 0.480 e. The van der Waals surface area contributed by atoms with Crippen LogP contribution in [0.3, 0.4) is 0 Å². The molecule has 0 bridgehead atoms. The van der Waals surface area contributed by atoms with Crippen LogP contribution in [0.25, 0.3) is 0 Å². The normalized spacial score (nSPS) is 11.5. The van der Waals surface area contributed by atoms with Crippen molar-refractivity contribution in [3.05, 3.63) is 12.2 Å². The molecular formula is C32H61NO9. The second kappa shape index (κ2) is 35.6. The Morgan fingerprint density at radius 2 is 0.952 bits per heavy atom. The first-order valence-electron chi connectivity index (χ1n) is 16.3. The van der Waals surface area contributed by atoms with E-state index in [1.54, 1.807) is 0 Å². The first kappa shape index (κ1) is 40.4. The topological polar surface area (TPSA) is 122 Å². The lowest BCUT2D eigenvalue weighted by atomic mass is 10.1. The third kappa shape index (κ3) is 36.5. The molecule has 0 aliphatic carbocycles. The van der Waals surface area contributed by atoms with E-state index in [-0.39, 0.29) is 19.1 Å². The van der Waals surface area contributed by atoms with E-state index >= 15 is 0 Å². The lowest BCUT2D eigenvalue weighted by Crippen LogP contribution is -2.27. The summed E-state index contributed by atoms with van der Waals surface area (Å²) in [4.78, 5) is 22.2. The van der Waals surface area contributed by atoms with Crippen molar-refractivity contribution in [3.8, 4) is 0 Å². The molecule has 0 aromatic carbocycles. The maximum atomic E-state index is 11.9. The van der Waals surface area contributed by atoms with Gasteiger partial charge in [0.05, 0.1) is 72.7 Å². The number of unbranched alkanes of at least 4 members (excludes halogenated alkanes) is 11. The van der Waals surface area contributed by atoms with E-state index in [0.717, 1.165) is 12.8 Å². The summed E-state index contributed by atoms with van der Waals surface area (Å²) in [6.07, 6.45) is 21.6. The van der Waals surface area contributed by atoms with Gasteiger partial charge in [-0.05, 0) is 32.1 Å². The number of carboxylic acids is 1. The summed E-state index contributed by atoms with van der Waals surface area (Å²) in [5.41, 5.74) is 0. The zero-order valence-electron chi connectivity index (χ0n) is 26.5. The molecule has 1 amide bonds. The van der Waals surface area contributed by atoms with Crippen molar-refractivity contribution in [2.45, 2.75) is 96.8 Å². The Morgan fingerprint density at radius 1 is 0.548 bits per heavy atom. The summed E-state index contributed by atoms with van der Waals surface area (Å²) in [6, 6.07) is 0. The molecule has 0 spiro atoms. The molecule has 248 valence electrons. The number of carboxylic acid groups (broad SMARTS) is 1. The molecule has 0 unspecified atom stereocenters. The number of hydrogen-bond donors (Lipinski definition) is 2. The zero-order chi connectivity index (χ0) is 30.6. The van der Waals surface area contributed by atoms with E-state index < -0.39 is 5.97 Å². The van der Waals surface area contributed by atoms with Gasteiger partial charge < -0.3 is 38.8 Å². The lowest BCUT2D eigenvalue weighted by molar-refractivity contribution is -0.142. The second-order valence-electron chi connectivity index (χ2n) is 10.2. The van der Waals surface area contributed by atoms with Crippen molar-refractivity contribution in [2.75, 3.05) is 85.8 Å². The molecule has 0 saturated carbocycles. The fourth-order valence-corrected chi connectivity index (χ4v) is 3.97. The predicted octanol–water partition coefficient (Wildman–Crippen LogP) is 5.32. The molecule has 42 heavy (non-hydrogen) atoms. The van der Waals surface area contributed by atoms with Gasteiger partial charge in [-0.2, -0.15) is 0 Å². The highest BCUT2D eigenvalue weighted by molar-refractivity contribution is 5.75. The van der Waals surface area contributed by atoms with Crippen LogP contribution in [0.15, 0.2) is 12.2 Å². The smallest absolute Gasteiger partial charge is 0.329 e. The van der Waals surface area contributed by atoms with Crippen LogP contribution >= 0.6 is 0 Å². The van der Waals surface area contributed by atoms with Gasteiger partial charge in [0.15, 0.2) is 0 Å². The van der Waals surface area contributed by atoms with E-state index in [0.29, 0.717) is 79.0 Å². The molecule has 10 heteroatoms. The minimum Gasteiger partial charge on any atom is -0.480 e. The van der Waals surface area contributed by atoms with Gasteiger partial charge in [0.25, 0.3) is 0 Å². The van der Waals surface area contributed by atoms with Crippen molar-refractivity contribution in [2.24, 2.45) is 0 Å². The molecule has 0 aliphatic rings. The van der Waals surface area contributed by atoms with E-state index in [1.807, 2.05) is 0 Å². The van der Waals surface area contributed by atoms with Crippen molar-refractivity contribution in [1.29, 1.82) is 0 Å².